The summed E-state index contributed by atoms with van der Waals surface area (Å²) in [7, 11) is 0. The first-order valence-electron chi connectivity index (χ1n) is 3.30. The van der Waals surface area contributed by atoms with Crippen LogP contribution in [0.15, 0.2) is 21.2 Å². The molecule has 2 heteroatoms. The van der Waals surface area contributed by atoms with Crippen LogP contribution in [0, 0.1) is 12.3 Å². The van der Waals surface area contributed by atoms with E-state index in [1.54, 1.807) is 0 Å². The summed E-state index contributed by atoms with van der Waals surface area (Å²) in [5.41, 5.74) is -0.313. The summed E-state index contributed by atoms with van der Waals surface area (Å²) in [5, 5.41) is 0. The lowest BCUT2D eigenvalue weighted by atomic mass is 9.92. The van der Waals surface area contributed by atoms with Crippen molar-refractivity contribution >= 4 is 15.9 Å². The molecule has 0 bridgehead atoms. The third-order valence-electron chi connectivity index (χ3n) is 1.55. The number of hydrogen-bond donors (Lipinski definition) is 0. The van der Waals surface area contributed by atoms with Crippen molar-refractivity contribution in [1.29, 1.82) is 0 Å². The largest absolute Gasteiger partial charge is 0.453 e. The van der Waals surface area contributed by atoms with Gasteiger partial charge in [-0.15, -0.1) is 6.42 Å². The highest BCUT2D eigenvalue weighted by Crippen LogP contribution is 2.26. The summed E-state index contributed by atoms with van der Waals surface area (Å²) in [6.45, 7) is 3.89. The number of terminal acetylenes is 1. The first kappa shape index (κ1) is 8.42. The van der Waals surface area contributed by atoms with Gasteiger partial charge in [0.25, 0.3) is 0 Å². The molecule has 1 rings (SSSR count). The van der Waals surface area contributed by atoms with Crippen LogP contribution in [-0.2, 0) is 5.41 Å². The zero-order valence-corrected chi connectivity index (χ0v) is 8.10. The molecular formula is C9H9BrO. The lowest BCUT2D eigenvalue weighted by Crippen LogP contribution is -2.12. The molecule has 0 aliphatic heterocycles. The third kappa shape index (κ3) is 1.66. The van der Waals surface area contributed by atoms with Gasteiger partial charge in [0, 0.05) is 0 Å². The van der Waals surface area contributed by atoms with Gasteiger partial charge in [-0.25, -0.2) is 0 Å². The smallest absolute Gasteiger partial charge is 0.169 e. The average molecular weight is 213 g/mol. The maximum absolute atomic E-state index is 5.32. The van der Waals surface area contributed by atoms with Gasteiger partial charge in [0.15, 0.2) is 4.67 Å². The number of halogens is 1. The number of rotatable bonds is 1. The van der Waals surface area contributed by atoms with Crippen LogP contribution in [0.5, 0.6) is 0 Å². The van der Waals surface area contributed by atoms with Crippen molar-refractivity contribution in [3.8, 4) is 12.3 Å². The maximum Gasteiger partial charge on any atom is 0.169 e. The van der Waals surface area contributed by atoms with Gasteiger partial charge in [-0.2, -0.15) is 0 Å². The van der Waals surface area contributed by atoms with E-state index in [2.05, 4.69) is 21.9 Å². The molecular weight excluding hydrogens is 204 g/mol. The van der Waals surface area contributed by atoms with E-state index in [-0.39, 0.29) is 5.41 Å². The third-order valence-corrected chi connectivity index (χ3v) is 1.98. The summed E-state index contributed by atoms with van der Waals surface area (Å²) in [6.07, 6.45) is 5.32. The second-order valence-electron chi connectivity index (χ2n) is 2.87. The minimum absolute atomic E-state index is 0.313. The molecule has 11 heavy (non-hydrogen) atoms. The predicted molar refractivity (Wildman–Crippen MR) is 48.3 cm³/mol. The summed E-state index contributed by atoms with van der Waals surface area (Å²) in [6, 6.07) is 3.72. The summed E-state index contributed by atoms with van der Waals surface area (Å²) >= 11 is 3.22. The van der Waals surface area contributed by atoms with Crippen LogP contribution in [0.1, 0.15) is 19.6 Å². The number of furan rings is 1. The highest BCUT2D eigenvalue weighted by Gasteiger charge is 2.20. The van der Waals surface area contributed by atoms with Crippen molar-refractivity contribution in [3.63, 3.8) is 0 Å². The molecule has 0 aliphatic rings. The van der Waals surface area contributed by atoms with Gasteiger partial charge in [0.1, 0.15) is 5.76 Å². The normalized spacial score (nSPS) is 11.1. The number of hydrogen-bond acceptors (Lipinski definition) is 1. The Kier molecular flexibility index (Phi) is 2.10. The van der Waals surface area contributed by atoms with Gasteiger partial charge >= 0.3 is 0 Å². The Morgan fingerprint density at radius 3 is 2.55 bits per heavy atom. The molecule has 0 amide bonds. The SMILES string of the molecule is C#CC(C)(C)c1ccc(Br)o1. The second-order valence-corrected chi connectivity index (χ2v) is 3.65. The zero-order valence-electron chi connectivity index (χ0n) is 6.52. The molecule has 0 spiro atoms. The molecule has 0 atom stereocenters. The van der Waals surface area contributed by atoms with Gasteiger partial charge in [0.05, 0.1) is 5.41 Å². The van der Waals surface area contributed by atoms with Crippen molar-refractivity contribution < 1.29 is 4.42 Å². The molecule has 0 N–H and O–H groups in total. The molecule has 0 fully saturated rings. The van der Waals surface area contributed by atoms with E-state index in [0.29, 0.717) is 0 Å². The fourth-order valence-corrected chi connectivity index (χ4v) is 1.03. The van der Waals surface area contributed by atoms with Crippen molar-refractivity contribution in [3.05, 3.63) is 22.6 Å². The van der Waals surface area contributed by atoms with Gasteiger partial charge in [0.2, 0.25) is 0 Å². The fraction of sp³-hybridized carbons (Fsp3) is 0.333. The van der Waals surface area contributed by atoms with Crippen molar-refractivity contribution in [1.82, 2.24) is 0 Å². The predicted octanol–water partition coefficient (Wildman–Crippen LogP) is 2.95. The molecule has 0 unspecified atom stereocenters. The molecule has 1 aromatic rings. The van der Waals surface area contributed by atoms with E-state index in [1.807, 2.05) is 26.0 Å². The van der Waals surface area contributed by atoms with Gasteiger partial charge in [-0.05, 0) is 41.9 Å². The molecule has 1 nitrogen and oxygen atoms in total. The highest BCUT2D eigenvalue weighted by molar-refractivity contribution is 9.10. The van der Waals surface area contributed by atoms with Crippen LogP contribution < -0.4 is 0 Å². The first-order valence-corrected chi connectivity index (χ1v) is 4.09. The summed E-state index contributed by atoms with van der Waals surface area (Å²) in [5.74, 6) is 3.47. The lowest BCUT2D eigenvalue weighted by molar-refractivity contribution is 0.431. The molecule has 0 aliphatic carbocycles. The van der Waals surface area contributed by atoms with E-state index < -0.39 is 0 Å². The fourth-order valence-electron chi connectivity index (χ4n) is 0.721. The van der Waals surface area contributed by atoms with E-state index in [0.717, 1.165) is 10.4 Å². The summed E-state index contributed by atoms with van der Waals surface area (Å²) < 4.78 is 6.03. The Morgan fingerprint density at radius 1 is 1.55 bits per heavy atom. The highest BCUT2D eigenvalue weighted by atomic mass is 79.9. The van der Waals surface area contributed by atoms with Crippen LogP contribution in [-0.4, -0.2) is 0 Å². The minimum Gasteiger partial charge on any atom is -0.453 e. The Hall–Kier alpha value is -0.680. The van der Waals surface area contributed by atoms with Crippen LogP contribution >= 0.6 is 15.9 Å². The molecule has 1 heterocycles. The Balaban J connectivity index is 3.04. The summed E-state index contributed by atoms with van der Waals surface area (Å²) in [4.78, 5) is 0. The topological polar surface area (TPSA) is 13.1 Å². The van der Waals surface area contributed by atoms with Crippen molar-refractivity contribution in [2.45, 2.75) is 19.3 Å². The standard InChI is InChI=1S/C9H9BrO/c1-4-9(2,3)7-5-6-8(10)11-7/h1,5-6H,2-3H3. The molecule has 0 saturated heterocycles. The monoisotopic (exact) mass is 212 g/mol. The Morgan fingerprint density at radius 2 is 2.18 bits per heavy atom. The van der Waals surface area contributed by atoms with Gasteiger partial charge < -0.3 is 4.42 Å². The Labute approximate surface area is 74.9 Å². The lowest BCUT2D eigenvalue weighted by Gasteiger charge is -2.12. The first-order chi connectivity index (χ1) is 5.06. The molecule has 0 aromatic carbocycles. The van der Waals surface area contributed by atoms with Crippen LogP contribution in [0.2, 0.25) is 0 Å². The Bertz CT molecular complexity index is 291. The van der Waals surface area contributed by atoms with Crippen LogP contribution in [0.25, 0.3) is 0 Å². The van der Waals surface area contributed by atoms with Crippen molar-refractivity contribution in [2.75, 3.05) is 0 Å². The van der Waals surface area contributed by atoms with E-state index in [1.165, 1.54) is 0 Å². The van der Waals surface area contributed by atoms with Crippen LogP contribution in [0.3, 0.4) is 0 Å². The van der Waals surface area contributed by atoms with Gasteiger partial charge in [-0.3, -0.25) is 0 Å². The molecule has 1 aromatic heterocycles. The average Bonchev–Trinajstić information content (AvgIpc) is 2.36. The van der Waals surface area contributed by atoms with Crippen LogP contribution in [0.4, 0.5) is 0 Å². The zero-order chi connectivity index (χ0) is 8.48. The van der Waals surface area contributed by atoms with E-state index in [9.17, 15) is 0 Å². The molecule has 58 valence electrons. The second kappa shape index (κ2) is 2.75. The van der Waals surface area contributed by atoms with E-state index >= 15 is 0 Å². The quantitative estimate of drug-likeness (QED) is 0.653. The van der Waals surface area contributed by atoms with Gasteiger partial charge in [-0.1, -0.05) is 5.92 Å². The van der Waals surface area contributed by atoms with E-state index in [4.69, 9.17) is 10.8 Å². The molecule has 0 radical (unpaired) electrons. The van der Waals surface area contributed by atoms with Crippen molar-refractivity contribution in [2.24, 2.45) is 0 Å². The minimum atomic E-state index is -0.313. The maximum atomic E-state index is 5.32. The molecule has 0 saturated carbocycles.